The number of hydrogen-bond acceptors (Lipinski definition) is 2. The molecule has 0 aliphatic rings. The first-order chi connectivity index (χ1) is 3.80. The lowest BCUT2D eigenvalue weighted by Crippen LogP contribution is -2.32. The van der Waals surface area contributed by atoms with Crippen LogP contribution >= 0.6 is 0 Å². The van der Waals surface area contributed by atoms with Gasteiger partial charge in [-0.3, -0.25) is 0 Å². The van der Waals surface area contributed by atoms with Crippen molar-refractivity contribution in [3.63, 3.8) is 0 Å². The van der Waals surface area contributed by atoms with E-state index in [1.54, 1.807) is 6.33 Å². The zero-order chi connectivity index (χ0) is 5.98. The minimum absolute atomic E-state index is 0.972. The Morgan fingerprint density at radius 2 is 2.38 bits per heavy atom. The first-order valence-corrected chi connectivity index (χ1v) is 2.43. The maximum Gasteiger partial charge on any atom is 0.264 e. The minimum Gasteiger partial charge on any atom is -0.240 e. The minimum atomic E-state index is 0.972. The van der Waals surface area contributed by atoms with Crippen LogP contribution in [-0.4, -0.2) is 9.97 Å². The summed E-state index contributed by atoms with van der Waals surface area (Å²) in [6.07, 6.45) is 3.26. The Morgan fingerprint density at radius 1 is 1.62 bits per heavy atom. The van der Waals surface area contributed by atoms with Gasteiger partial charge >= 0.3 is 0 Å². The maximum absolute atomic E-state index is 3.93. The van der Waals surface area contributed by atoms with Crippen molar-refractivity contribution in [3.8, 4) is 0 Å². The van der Waals surface area contributed by atoms with Gasteiger partial charge in [0, 0.05) is 6.92 Å². The predicted molar refractivity (Wildman–Crippen MR) is 27.9 cm³/mol. The second-order valence-electron chi connectivity index (χ2n) is 1.67. The summed E-state index contributed by atoms with van der Waals surface area (Å²) in [5, 5.41) is 0. The van der Waals surface area contributed by atoms with E-state index in [-0.39, 0.29) is 0 Å². The van der Waals surface area contributed by atoms with Crippen LogP contribution in [0, 0.1) is 6.92 Å². The molecule has 0 amide bonds. The van der Waals surface area contributed by atoms with Crippen LogP contribution in [0.15, 0.2) is 12.7 Å². The van der Waals surface area contributed by atoms with E-state index in [1.807, 2.05) is 18.5 Å². The second-order valence-corrected chi connectivity index (χ2v) is 1.67. The molecule has 0 aromatic carbocycles. The molecule has 3 heteroatoms. The largest absolute Gasteiger partial charge is 0.264 e. The molecule has 1 aromatic rings. The summed E-state index contributed by atoms with van der Waals surface area (Å²) in [6.45, 7) is 1.93. The molecule has 0 radical (unpaired) electrons. The molecule has 0 unspecified atom stereocenters. The lowest BCUT2D eigenvalue weighted by molar-refractivity contribution is -0.684. The normalized spacial score (nSPS) is 9.25. The van der Waals surface area contributed by atoms with Crippen LogP contribution in [0.4, 0.5) is 0 Å². The highest BCUT2D eigenvalue weighted by Gasteiger charge is 1.93. The van der Waals surface area contributed by atoms with Crippen LogP contribution in [0.2, 0.25) is 0 Å². The van der Waals surface area contributed by atoms with Gasteiger partial charge in [0.05, 0.1) is 7.05 Å². The zero-order valence-corrected chi connectivity index (χ0v) is 5.00. The number of nitrogens with zero attached hydrogens (tertiary/aromatic N) is 3. The maximum atomic E-state index is 3.93. The molecule has 1 rings (SSSR count). The molecule has 1 aromatic heterocycles. The average molecular weight is 110 g/mol. The third kappa shape index (κ3) is 0.804. The molecule has 8 heavy (non-hydrogen) atoms. The van der Waals surface area contributed by atoms with Gasteiger partial charge in [-0.25, -0.2) is 4.57 Å². The molecule has 0 aliphatic heterocycles. The van der Waals surface area contributed by atoms with E-state index in [1.165, 1.54) is 6.33 Å². The van der Waals surface area contributed by atoms with Gasteiger partial charge in [-0.2, -0.15) is 0 Å². The number of rotatable bonds is 0. The van der Waals surface area contributed by atoms with E-state index in [4.69, 9.17) is 0 Å². The Hall–Kier alpha value is -0.990. The van der Waals surface area contributed by atoms with Crippen LogP contribution in [0.3, 0.4) is 0 Å². The van der Waals surface area contributed by atoms with Crippen LogP contribution < -0.4 is 4.57 Å². The summed E-state index contributed by atoms with van der Waals surface area (Å²) in [7, 11) is 1.91. The van der Waals surface area contributed by atoms with Crippen molar-refractivity contribution in [2.45, 2.75) is 6.92 Å². The van der Waals surface area contributed by atoms with Crippen molar-refractivity contribution in [1.82, 2.24) is 9.97 Å². The van der Waals surface area contributed by atoms with E-state index in [2.05, 4.69) is 9.97 Å². The highest BCUT2D eigenvalue weighted by Crippen LogP contribution is 1.71. The van der Waals surface area contributed by atoms with Crippen molar-refractivity contribution in [2.24, 2.45) is 7.05 Å². The molecule has 0 atom stereocenters. The second kappa shape index (κ2) is 1.86. The van der Waals surface area contributed by atoms with Crippen LogP contribution in [0.1, 0.15) is 5.82 Å². The van der Waals surface area contributed by atoms with E-state index >= 15 is 0 Å². The van der Waals surface area contributed by atoms with Crippen LogP contribution in [-0.2, 0) is 7.05 Å². The lowest BCUT2D eigenvalue weighted by atomic mass is 10.7. The lowest BCUT2D eigenvalue weighted by Gasteiger charge is -1.86. The predicted octanol–water partition coefficient (Wildman–Crippen LogP) is -0.390. The molecule has 0 aliphatic carbocycles. The molecule has 0 saturated heterocycles. The first kappa shape index (κ1) is 5.15. The number of aromatic nitrogens is 3. The van der Waals surface area contributed by atoms with E-state index in [0.29, 0.717) is 0 Å². The summed E-state index contributed by atoms with van der Waals surface area (Å²) >= 11 is 0. The molecule has 0 N–H and O–H groups in total. The van der Waals surface area contributed by atoms with E-state index < -0.39 is 0 Å². The zero-order valence-electron chi connectivity index (χ0n) is 5.00. The summed E-state index contributed by atoms with van der Waals surface area (Å²) < 4.78 is 1.86. The first-order valence-electron chi connectivity index (χ1n) is 2.43. The van der Waals surface area contributed by atoms with Gasteiger partial charge in [-0.15, -0.1) is 0 Å². The third-order valence-electron chi connectivity index (χ3n) is 1.06. The SMILES string of the molecule is Cc1ncnc[n+]1C. The van der Waals surface area contributed by atoms with E-state index in [0.717, 1.165) is 5.82 Å². The molecular formula is C5H8N3+. The summed E-state index contributed by atoms with van der Waals surface area (Å²) in [5.41, 5.74) is 0. The average Bonchev–Trinajstić information content (AvgIpc) is 1.77. The fourth-order valence-electron chi connectivity index (χ4n) is 0.421. The topological polar surface area (TPSA) is 29.7 Å². The van der Waals surface area contributed by atoms with Crippen molar-refractivity contribution < 1.29 is 4.57 Å². The Bertz CT molecular complexity index is 164. The molecule has 3 nitrogen and oxygen atoms in total. The van der Waals surface area contributed by atoms with Gasteiger partial charge in [0.1, 0.15) is 0 Å². The van der Waals surface area contributed by atoms with E-state index in [9.17, 15) is 0 Å². The van der Waals surface area contributed by atoms with Gasteiger partial charge in [-0.1, -0.05) is 9.97 Å². The quantitative estimate of drug-likeness (QED) is 0.426. The molecular weight excluding hydrogens is 102 g/mol. The molecule has 1 heterocycles. The summed E-state index contributed by atoms with van der Waals surface area (Å²) in [6, 6.07) is 0. The van der Waals surface area contributed by atoms with Crippen molar-refractivity contribution in [2.75, 3.05) is 0 Å². The van der Waals surface area contributed by atoms with Crippen LogP contribution in [0.5, 0.6) is 0 Å². The van der Waals surface area contributed by atoms with Crippen molar-refractivity contribution in [1.29, 1.82) is 0 Å². The van der Waals surface area contributed by atoms with Crippen LogP contribution in [0.25, 0.3) is 0 Å². The monoisotopic (exact) mass is 110 g/mol. The van der Waals surface area contributed by atoms with Gasteiger partial charge in [0.15, 0.2) is 0 Å². The smallest absolute Gasteiger partial charge is 0.240 e. The highest BCUT2D eigenvalue weighted by atomic mass is 15.1. The van der Waals surface area contributed by atoms with Gasteiger partial charge in [0.25, 0.3) is 6.33 Å². The highest BCUT2D eigenvalue weighted by molar-refractivity contribution is 4.62. The fourth-order valence-corrected chi connectivity index (χ4v) is 0.421. The van der Waals surface area contributed by atoms with Gasteiger partial charge in [-0.05, 0) is 0 Å². The Morgan fingerprint density at radius 3 is 2.75 bits per heavy atom. The van der Waals surface area contributed by atoms with Gasteiger partial charge in [0.2, 0.25) is 12.2 Å². The molecule has 0 fully saturated rings. The molecule has 0 bridgehead atoms. The molecule has 42 valence electrons. The Labute approximate surface area is 48.0 Å². The summed E-state index contributed by atoms with van der Waals surface area (Å²) in [5.74, 6) is 0.972. The van der Waals surface area contributed by atoms with Crippen molar-refractivity contribution in [3.05, 3.63) is 18.5 Å². The molecule has 0 saturated carbocycles. The fraction of sp³-hybridized carbons (Fsp3) is 0.400. The van der Waals surface area contributed by atoms with Gasteiger partial charge < -0.3 is 0 Å². The third-order valence-corrected chi connectivity index (χ3v) is 1.06. The van der Waals surface area contributed by atoms with Crippen molar-refractivity contribution >= 4 is 0 Å². The Balaban J connectivity index is 3.13. The number of aryl methyl sites for hydroxylation is 2. The standard InChI is InChI=1S/C5H8N3/c1-5-7-3-6-4-8(5)2/h3-4H,1-2H3/q+1. The molecule has 0 spiro atoms. The summed E-state index contributed by atoms with van der Waals surface area (Å²) in [4.78, 5) is 7.73. The Kier molecular flexibility index (Phi) is 1.20. The number of hydrogen-bond donors (Lipinski definition) is 0.